The topological polar surface area (TPSA) is 78.0 Å². The van der Waals surface area contributed by atoms with Crippen LogP contribution in [-0.4, -0.2) is 51.2 Å². The Morgan fingerprint density at radius 2 is 1.88 bits per heavy atom. The molecule has 1 atom stereocenters. The summed E-state index contributed by atoms with van der Waals surface area (Å²) in [5.74, 6) is 0.733. The molecule has 1 unspecified atom stereocenters. The maximum absolute atomic E-state index is 12.7. The first-order valence-corrected chi connectivity index (χ1v) is 10.6. The zero-order valence-electron chi connectivity index (χ0n) is 18.5. The van der Waals surface area contributed by atoms with E-state index in [0.29, 0.717) is 44.2 Å². The van der Waals surface area contributed by atoms with Crippen molar-refractivity contribution in [2.24, 2.45) is 4.99 Å². The van der Waals surface area contributed by atoms with Crippen molar-refractivity contribution in [1.29, 1.82) is 0 Å². The van der Waals surface area contributed by atoms with Gasteiger partial charge in [-0.2, -0.15) is 8.78 Å². The molecule has 33 heavy (non-hydrogen) atoms. The highest BCUT2D eigenvalue weighted by molar-refractivity contribution is 14.0. The van der Waals surface area contributed by atoms with E-state index in [4.69, 9.17) is 0 Å². The maximum Gasteiger partial charge on any atom is 0.387 e. The molecular formula is C23H30F2IN5O2. The van der Waals surface area contributed by atoms with Crippen molar-refractivity contribution in [2.45, 2.75) is 32.0 Å². The Kier molecular flexibility index (Phi) is 11.1. The van der Waals surface area contributed by atoms with Crippen LogP contribution in [0.5, 0.6) is 5.75 Å². The molecule has 3 N–H and O–H groups in total. The molecule has 0 radical (unpaired) electrons. The van der Waals surface area contributed by atoms with E-state index in [9.17, 15) is 13.6 Å². The molecule has 0 saturated carbocycles. The van der Waals surface area contributed by atoms with Crippen molar-refractivity contribution in [3.8, 4) is 5.75 Å². The molecule has 2 aromatic carbocycles. The number of benzene rings is 2. The van der Waals surface area contributed by atoms with Gasteiger partial charge in [-0.05, 0) is 24.1 Å². The summed E-state index contributed by atoms with van der Waals surface area (Å²) in [7, 11) is 1.67. The molecule has 0 aromatic heterocycles. The first kappa shape index (κ1) is 26.6. The van der Waals surface area contributed by atoms with Crippen molar-refractivity contribution in [1.82, 2.24) is 16.0 Å². The van der Waals surface area contributed by atoms with E-state index in [-0.39, 0.29) is 41.7 Å². The molecule has 10 heteroatoms. The number of aliphatic imine (C=N–C) groups is 1. The second kappa shape index (κ2) is 13.8. The van der Waals surface area contributed by atoms with Crippen molar-refractivity contribution < 1.29 is 18.3 Å². The minimum Gasteiger partial charge on any atom is -0.433 e. The van der Waals surface area contributed by atoms with Crippen molar-refractivity contribution >= 4 is 41.5 Å². The number of halogens is 3. The third kappa shape index (κ3) is 8.67. The fourth-order valence-corrected chi connectivity index (χ4v) is 3.58. The van der Waals surface area contributed by atoms with Crippen molar-refractivity contribution in [3.63, 3.8) is 0 Å². The fourth-order valence-electron chi connectivity index (χ4n) is 3.58. The van der Waals surface area contributed by atoms with Crippen LogP contribution in [0.2, 0.25) is 0 Å². The highest BCUT2D eigenvalue weighted by atomic mass is 127. The average molecular weight is 573 g/mol. The number of rotatable bonds is 9. The lowest BCUT2D eigenvalue weighted by Crippen LogP contribution is -2.45. The van der Waals surface area contributed by atoms with Gasteiger partial charge in [-0.3, -0.25) is 9.79 Å². The molecular weight excluding hydrogens is 543 g/mol. The number of anilines is 1. The number of guanidine groups is 1. The van der Waals surface area contributed by atoms with Crippen LogP contribution in [0.15, 0.2) is 59.6 Å². The van der Waals surface area contributed by atoms with Crippen LogP contribution in [0.3, 0.4) is 0 Å². The predicted molar refractivity (Wildman–Crippen MR) is 137 cm³/mol. The minimum atomic E-state index is -2.86. The first-order valence-electron chi connectivity index (χ1n) is 10.6. The Morgan fingerprint density at radius 1 is 1.15 bits per heavy atom. The number of carbonyl (C=O) groups excluding carboxylic acids is 1. The minimum absolute atomic E-state index is 0. The molecule has 3 rings (SSSR count). The predicted octanol–water partition coefficient (Wildman–Crippen LogP) is 3.36. The number of carbonyl (C=O) groups is 1. The second-order valence-electron chi connectivity index (χ2n) is 7.43. The van der Waals surface area contributed by atoms with Crippen LogP contribution in [0, 0.1) is 0 Å². The zero-order valence-corrected chi connectivity index (χ0v) is 20.8. The lowest BCUT2D eigenvalue weighted by atomic mass is 10.2. The lowest BCUT2D eigenvalue weighted by molar-refractivity contribution is -0.121. The van der Waals surface area contributed by atoms with E-state index in [1.807, 2.05) is 35.2 Å². The normalized spacial score (nSPS) is 15.7. The molecule has 0 spiro atoms. The van der Waals surface area contributed by atoms with Crippen LogP contribution in [0.1, 0.15) is 18.4 Å². The van der Waals surface area contributed by atoms with Crippen LogP contribution in [0.4, 0.5) is 14.5 Å². The Labute approximate surface area is 210 Å². The summed E-state index contributed by atoms with van der Waals surface area (Å²) < 4.78 is 30.0. The van der Waals surface area contributed by atoms with Gasteiger partial charge in [0.05, 0.1) is 5.69 Å². The molecule has 1 amide bonds. The van der Waals surface area contributed by atoms with E-state index in [2.05, 4.69) is 25.7 Å². The number of para-hydroxylation sites is 2. The van der Waals surface area contributed by atoms with Gasteiger partial charge in [0.2, 0.25) is 5.91 Å². The second-order valence-corrected chi connectivity index (χ2v) is 7.43. The van der Waals surface area contributed by atoms with Crippen LogP contribution in [0.25, 0.3) is 0 Å². The number of alkyl halides is 2. The van der Waals surface area contributed by atoms with E-state index >= 15 is 0 Å². The number of hydrogen-bond donors (Lipinski definition) is 3. The summed E-state index contributed by atoms with van der Waals surface area (Å²) in [6, 6.07) is 16.6. The highest BCUT2D eigenvalue weighted by Gasteiger charge is 2.26. The van der Waals surface area contributed by atoms with Gasteiger partial charge in [-0.1, -0.05) is 42.5 Å². The smallest absolute Gasteiger partial charge is 0.387 e. The summed E-state index contributed by atoms with van der Waals surface area (Å²) in [6.45, 7) is -0.578. The van der Waals surface area contributed by atoms with Gasteiger partial charge < -0.3 is 25.6 Å². The van der Waals surface area contributed by atoms with Crippen LogP contribution < -0.4 is 25.6 Å². The molecule has 0 bridgehead atoms. The molecule has 1 aliphatic heterocycles. The van der Waals surface area contributed by atoms with Crippen LogP contribution in [-0.2, 0) is 11.3 Å². The summed E-state index contributed by atoms with van der Waals surface area (Å²) in [6.07, 6.45) is 1.14. The fraction of sp³-hybridized carbons (Fsp3) is 0.391. The molecule has 7 nitrogen and oxygen atoms in total. The molecule has 2 aromatic rings. The van der Waals surface area contributed by atoms with E-state index in [1.165, 1.54) is 0 Å². The summed E-state index contributed by atoms with van der Waals surface area (Å²) >= 11 is 0. The van der Waals surface area contributed by atoms with E-state index in [0.717, 1.165) is 12.0 Å². The Bertz CT molecular complexity index is 901. The van der Waals surface area contributed by atoms with Gasteiger partial charge >= 0.3 is 6.61 Å². The molecule has 180 valence electrons. The van der Waals surface area contributed by atoms with Crippen molar-refractivity contribution in [2.75, 3.05) is 31.6 Å². The Hall–Kier alpha value is -2.63. The van der Waals surface area contributed by atoms with Gasteiger partial charge in [0.15, 0.2) is 5.96 Å². The Balaban J connectivity index is 0.00000385. The molecule has 1 aliphatic rings. The molecule has 0 aliphatic carbocycles. The van der Waals surface area contributed by atoms with E-state index < -0.39 is 6.61 Å². The van der Waals surface area contributed by atoms with Gasteiger partial charge in [0.1, 0.15) is 5.75 Å². The van der Waals surface area contributed by atoms with Crippen LogP contribution >= 0.6 is 24.0 Å². The Morgan fingerprint density at radius 3 is 2.61 bits per heavy atom. The summed E-state index contributed by atoms with van der Waals surface area (Å²) in [5.41, 5.74) is 1.70. The third-order valence-electron chi connectivity index (χ3n) is 5.15. The molecule has 1 saturated heterocycles. The SMILES string of the molecule is CN=C(NCCC(=O)NCc1ccccc1)NC1CCN(c2ccccc2OC(F)F)C1.I. The van der Waals surface area contributed by atoms with E-state index in [1.54, 1.807) is 31.3 Å². The third-order valence-corrected chi connectivity index (χ3v) is 5.15. The van der Waals surface area contributed by atoms with Gasteiger partial charge in [-0.25, -0.2) is 0 Å². The van der Waals surface area contributed by atoms with Gasteiger partial charge in [0.25, 0.3) is 0 Å². The average Bonchev–Trinajstić information content (AvgIpc) is 3.26. The van der Waals surface area contributed by atoms with Crippen molar-refractivity contribution in [3.05, 3.63) is 60.2 Å². The number of hydrogen-bond acceptors (Lipinski definition) is 4. The van der Waals surface area contributed by atoms with Gasteiger partial charge in [0, 0.05) is 45.7 Å². The number of amides is 1. The maximum atomic E-state index is 12.7. The number of ether oxygens (including phenoxy) is 1. The standard InChI is InChI=1S/C23H29F2N5O2.HI/c1-26-23(27-13-11-21(31)28-15-17-7-3-2-4-8-17)29-18-12-14-30(16-18)19-9-5-6-10-20(19)32-22(24)25;/h2-10,18,22H,11-16H2,1H3,(H,28,31)(H2,26,27,29);1H. The number of nitrogens with one attached hydrogen (secondary N) is 3. The summed E-state index contributed by atoms with van der Waals surface area (Å²) in [4.78, 5) is 18.3. The molecule has 1 heterocycles. The summed E-state index contributed by atoms with van der Waals surface area (Å²) in [5, 5.41) is 9.38. The quantitative estimate of drug-likeness (QED) is 0.244. The largest absolute Gasteiger partial charge is 0.433 e. The monoisotopic (exact) mass is 573 g/mol. The highest BCUT2D eigenvalue weighted by Crippen LogP contribution is 2.31. The zero-order chi connectivity index (χ0) is 22.8. The van der Waals surface area contributed by atoms with Gasteiger partial charge in [-0.15, -0.1) is 24.0 Å². The molecule has 1 fully saturated rings. The lowest BCUT2D eigenvalue weighted by Gasteiger charge is -2.22. The first-order chi connectivity index (χ1) is 15.5. The number of nitrogens with zero attached hydrogens (tertiary/aromatic N) is 2.